The number of nitrogens with zero attached hydrogens (tertiary/aromatic N) is 1. The molecule has 1 fully saturated rings. The Bertz CT molecular complexity index is 227. The van der Waals surface area contributed by atoms with Crippen LogP contribution < -0.4 is 5.32 Å². The van der Waals surface area contributed by atoms with Crippen molar-refractivity contribution in [2.45, 2.75) is 78.7 Å². The maximum atomic E-state index is 3.68. The maximum absolute atomic E-state index is 3.68. The Kier molecular flexibility index (Phi) is 9.54. The van der Waals surface area contributed by atoms with Gasteiger partial charge in [-0.05, 0) is 44.2 Å². The lowest BCUT2D eigenvalue weighted by atomic mass is 9.95. The molecule has 1 aliphatic heterocycles. The van der Waals surface area contributed by atoms with Gasteiger partial charge in [-0.25, -0.2) is 0 Å². The molecule has 1 N–H and O–H groups in total. The molecule has 0 aromatic rings. The van der Waals surface area contributed by atoms with E-state index in [0.29, 0.717) is 0 Å². The van der Waals surface area contributed by atoms with Crippen molar-refractivity contribution in [3.8, 4) is 0 Å². The van der Waals surface area contributed by atoms with Crippen molar-refractivity contribution in [1.29, 1.82) is 0 Å². The zero-order valence-corrected chi connectivity index (χ0v) is 14.5. The van der Waals surface area contributed by atoms with Crippen LogP contribution in [-0.4, -0.2) is 37.1 Å². The van der Waals surface area contributed by atoms with E-state index in [0.717, 1.165) is 24.4 Å². The van der Waals surface area contributed by atoms with Crippen LogP contribution in [0.5, 0.6) is 0 Å². The van der Waals surface area contributed by atoms with Crippen LogP contribution in [0.3, 0.4) is 0 Å². The van der Waals surface area contributed by atoms with Gasteiger partial charge in [-0.1, -0.05) is 53.4 Å². The zero-order valence-electron chi connectivity index (χ0n) is 14.5. The van der Waals surface area contributed by atoms with Crippen molar-refractivity contribution in [2.24, 2.45) is 11.8 Å². The fraction of sp³-hybridized carbons (Fsp3) is 1.00. The van der Waals surface area contributed by atoms with Gasteiger partial charge in [-0.2, -0.15) is 0 Å². The van der Waals surface area contributed by atoms with Gasteiger partial charge in [0.25, 0.3) is 0 Å². The summed E-state index contributed by atoms with van der Waals surface area (Å²) in [4.78, 5) is 2.79. The summed E-state index contributed by atoms with van der Waals surface area (Å²) < 4.78 is 0. The molecular weight excluding hydrogens is 244 g/mol. The largest absolute Gasteiger partial charge is 0.315 e. The van der Waals surface area contributed by atoms with E-state index < -0.39 is 0 Å². The molecular formula is C18H38N2. The van der Waals surface area contributed by atoms with Gasteiger partial charge in [-0.3, -0.25) is 4.90 Å². The van der Waals surface area contributed by atoms with Crippen LogP contribution in [-0.2, 0) is 0 Å². The smallest absolute Gasteiger partial charge is 0.0220 e. The third kappa shape index (κ3) is 7.08. The van der Waals surface area contributed by atoms with Crippen LogP contribution in [0.4, 0.5) is 0 Å². The Hall–Kier alpha value is -0.0800. The highest BCUT2D eigenvalue weighted by Crippen LogP contribution is 2.21. The van der Waals surface area contributed by atoms with Crippen LogP contribution in [0, 0.1) is 11.8 Å². The van der Waals surface area contributed by atoms with Crippen molar-refractivity contribution in [3.05, 3.63) is 0 Å². The molecule has 0 amide bonds. The monoisotopic (exact) mass is 282 g/mol. The van der Waals surface area contributed by atoms with Crippen molar-refractivity contribution in [2.75, 3.05) is 26.2 Å². The van der Waals surface area contributed by atoms with Crippen LogP contribution in [0.2, 0.25) is 0 Å². The summed E-state index contributed by atoms with van der Waals surface area (Å²) in [6.45, 7) is 14.3. The Morgan fingerprint density at radius 2 is 2.00 bits per heavy atom. The number of likely N-dealkylation sites (tertiary alicyclic amines) is 1. The van der Waals surface area contributed by atoms with E-state index in [2.05, 4.69) is 37.9 Å². The number of nitrogens with one attached hydrogen (secondary N) is 1. The van der Waals surface area contributed by atoms with Gasteiger partial charge in [0.15, 0.2) is 0 Å². The van der Waals surface area contributed by atoms with Crippen LogP contribution >= 0.6 is 0 Å². The predicted octanol–water partition coefficient (Wildman–Crippen LogP) is 4.30. The van der Waals surface area contributed by atoms with Gasteiger partial charge in [0.2, 0.25) is 0 Å². The molecule has 1 rings (SSSR count). The van der Waals surface area contributed by atoms with Gasteiger partial charge in [0.05, 0.1) is 0 Å². The first-order valence-corrected chi connectivity index (χ1v) is 9.12. The first-order valence-electron chi connectivity index (χ1n) is 9.12. The van der Waals surface area contributed by atoms with E-state index in [-0.39, 0.29) is 0 Å². The fourth-order valence-electron chi connectivity index (χ4n) is 3.32. The van der Waals surface area contributed by atoms with E-state index >= 15 is 0 Å². The second-order valence-corrected chi connectivity index (χ2v) is 7.11. The SMILES string of the molecule is CCCCC(CC)CN1CCCCC1CNCC(C)C. The second-order valence-electron chi connectivity index (χ2n) is 7.11. The highest BCUT2D eigenvalue weighted by atomic mass is 15.2. The van der Waals surface area contributed by atoms with E-state index in [4.69, 9.17) is 0 Å². The normalized spacial score (nSPS) is 22.4. The molecule has 20 heavy (non-hydrogen) atoms. The highest BCUT2D eigenvalue weighted by molar-refractivity contribution is 4.80. The summed E-state index contributed by atoms with van der Waals surface area (Å²) in [5, 5.41) is 3.68. The van der Waals surface area contributed by atoms with Crippen molar-refractivity contribution in [1.82, 2.24) is 10.2 Å². The van der Waals surface area contributed by atoms with Gasteiger partial charge in [0, 0.05) is 19.1 Å². The lowest BCUT2D eigenvalue weighted by Gasteiger charge is -2.38. The first kappa shape index (κ1) is 18.0. The first-order chi connectivity index (χ1) is 9.67. The third-order valence-corrected chi connectivity index (χ3v) is 4.72. The zero-order chi connectivity index (χ0) is 14.8. The molecule has 2 nitrogen and oxygen atoms in total. The molecule has 1 heterocycles. The van der Waals surface area contributed by atoms with Crippen molar-refractivity contribution < 1.29 is 0 Å². The maximum Gasteiger partial charge on any atom is 0.0220 e. The highest BCUT2D eigenvalue weighted by Gasteiger charge is 2.23. The van der Waals surface area contributed by atoms with E-state index in [1.807, 2.05) is 0 Å². The van der Waals surface area contributed by atoms with Crippen molar-refractivity contribution >= 4 is 0 Å². The Morgan fingerprint density at radius 1 is 1.20 bits per heavy atom. The average molecular weight is 283 g/mol. The van der Waals surface area contributed by atoms with Gasteiger partial charge in [-0.15, -0.1) is 0 Å². The molecule has 2 atom stereocenters. The second kappa shape index (κ2) is 10.6. The molecule has 2 unspecified atom stereocenters. The number of rotatable bonds is 10. The minimum atomic E-state index is 0.764. The third-order valence-electron chi connectivity index (χ3n) is 4.72. The minimum Gasteiger partial charge on any atom is -0.315 e. The van der Waals surface area contributed by atoms with Gasteiger partial charge >= 0.3 is 0 Å². The summed E-state index contributed by atoms with van der Waals surface area (Å²) in [7, 11) is 0. The molecule has 0 aromatic carbocycles. The van der Waals surface area contributed by atoms with E-state index in [1.165, 1.54) is 64.6 Å². The molecule has 0 saturated carbocycles. The van der Waals surface area contributed by atoms with Crippen LogP contribution in [0.15, 0.2) is 0 Å². The fourth-order valence-corrected chi connectivity index (χ4v) is 3.32. The molecule has 0 bridgehead atoms. The lowest BCUT2D eigenvalue weighted by molar-refractivity contribution is 0.118. The topological polar surface area (TPSA) is 15.3 Å². The number of hydrogen-bond donors (Lipinski definition) is 1. The number of piperidine rings is 1. The summed E-state index contributed by atoms with van der Waals surface area (Å²) in [5.41, 5.74) is 0. The number of unbranched alkanes of at least 4 members (excludes halogenated alkanes) is 1. The molecule has 120 valence electrons. The molecule has 0 aliphatic carbocycles. The summed E-state index contributed by atoms with van der Waals surface area (Å²) in [5.74, 6) is 1.68. The van der Waals surface area contributed by atoms with Crippen LogP contribution in [0.1, 0.15) is 72.6 Å². The van der Waals surface area contributed by atoms with E-state index in [1.54, 1.807) is 0 Å². The molecule has 2 heteroatoms. The minimum absolute atomic E-state index is 0.764. The lowest BCUT2D eigenvalue weighted by Crippen LogP contribution is -2.47. The summed E-state index contributed by atoms with van der Waals surface area (Å²) >= 11 is 0. The quantitative estimate of drug-likeness (QED) is 0.642. The van der Waals surface area contributed by atoms with Crippen molar-refractivity contribution in [3.63, 3.8) is 0 Å². The van der Waals surface area contributed by atoms with E-state index in [9.17, 15) is 0 Å². The Morgan fingerprint density at radius 3 is 2.65 bits per heavy atom. The summed E-state index contributed by atoms with van der Waals surface area (Å²) in [6.07, 6.45) is 9.76. The Balaban J connectivity index is 2.37. The van der Waals surface area contributed by atoms with Gasteiger partial charge in [0.1, 0.15) is 0 Å². The predicted molar refractivity (Wildman–Crippen MR) is 90.2 cm³/mol. The average Bonchev–Trinajstić information content (AvgIpc) is 2.44. The molecule has 1 saturated heterocycles. The van der Waals surface area contributed by atoms with Crippen LogP contribution in [0.25, 0.3) is 0 Å². The summed E-state index contributed by atoms with van der Waals surface area (Å²) in [6, 6.07) is 0.790. The Labute approximate surface area is 127 Å². The van der Waals surface area contributed by atoms with Gasteiger partial charge < -0.3 is 5.32 Å². The molecule has 1 aliphatic rings. The molecule has 0 spiro atoms. The standard InChI is InChI=1S/C18H38N2/c1-5-7-10-17(6-2)15-20-12-9-8-11-18(20)14-19-13-16(3)4/h16-19H,5-15H2,1-4H3. The molecule has 0 aromatic heterocycles. The number of hydrogen-bond acceptors (Lipinski definition) is 2. The molecule has 0 radical (unpaired) electrons.